The third kappa shape index (κ3) is 4.13. The van der Waals surface area contributed by atoms with E-state index < -0.39 is 0 Å². The minimum Gasteiger partial charge on any atom is -0.445 e. The van der Waals surface area contributed by atoms with Crippen molar-refractivity contribution >= 4 is 28.7 Å². The van der Waals surface area contributed by atoms with Gasteiger partial charge in [0.05, 0.1) is 0 Å². The van der Waals surface area contributed by atoms with Crippen molar-refractivity contribution in [2.45, 2.75) is 25.5 Å². The van der Waals surface area contributed by atoms with E-state index in [1.807, 2.05) is 54.6 Å². The zero-order valence-corrected chi connectivity index (χ0v) is 16.7. The van der Waals surface area contributed by atoms with Crippen LogP contribution in [0.2, 0.25) is 0 Å². The average Bonchev–Trinajstić information content (AvgIpc) is 3.37. The van der Waals surface area contributed by atoms with Crippen molar-refractivity contribution < 1.29 is 13.9 Å². The van der Waals surface area contributed by atoms with Crippen molar-refractivity contribution in [3.63, 3.8) is 0 Å². The molecule has 1 saturated heterocycles. The molecule has 27 heavy (non-hydrogen) atoms. The first-order chi connectivity index (χ1) is 13.2. The first kappa shape index (κ1) is 18.0. The predicted octanol–water partition coefficient (Wildman–Crippen LogP) is 4.81. The van der Waals surface area contributed by atoms with Gasteiger partial charge in [-0.2, -0.15) is 0 Å². The number of rotatable bonds is 4. The number of amides is 1. The minimum absolute atomic E-state index is 0.238. The number of nitrogens with zero attached hydrogens (tertiary/aromatic N) is 3. The van der Waals surface area contributed by atoms with Crippen LogP contribution >= 0.6 is 22.6 Å². The SMILES string of the molecule is O=C(OCc1ccccc1)N1CCC[C@H]1c1nnc(-c2ccc(I)cc2)o1. The largest absolute Gasteiger partial charge is 0.445 e. The maximum Gasteiger partial charge on any atom is 0.410 e. The van der Waals surface area contributed by atoms with Gasteiger partial charge in [-0.15, -0.1) is 10.2 Å². The molecule has 0 aliphatic carbocycles. The molecule has 0 radical (unpaired) electrons. The quantitative estimate of drug-likeness (QED) is 0.507. The van der Waals surface area contributed by atoms with Gasteiger partial charge in [-0.1, -0.05) is 30.3 Å². The molecule has 7 heteroatoms. The highest BCUT2D eigenvalue weighted by atomic mass is 127. The lowest BCUT2D eigenvalue weighted by Crippen LogP contribution is -2.31. The number of benzene rings is 2. The zero-order chi connectivity index (χ0) is 18.6. The summed E-state index contributed by atoms with van der Waals surface area (Å²) >= 11 is 2.25. The molecule has 138 valence electrons. The lowest BCUT2D eigenvalue weighted by molar-refractivity contribution is 0.0879. The van der Waals surface area contributed by atoms with Gasteiger partial charge in [-0.25, -0.2) is 4.79 Å². The molecule has 1 aliphatic heterocycles. The summed E-state index contributed by atoms with van der Waals surface area (Å²) in [4.78, 5) is 14.2. The number of halogens is 1. The van der Waals surface area contributed by atoms with Gasteiger partial charge in [-0.3, -0.25) is 4.90 Å². The van der Waals surface area contributed by atoms with Crippen LogP contribution in [0.3, 0.4) is 0 Å². The zero-order valence-electron chi connectivity index (χ0n) is 14.5. The van der Waals surface area contributed by atoms with Gasteiger partial charge in [0, 0.05) is 15.7 Å². The highest BCUT2D eigenvalue weighted by Gasteiger charge is 2.35. The number of carbonyl (C=O) groups excluding carboxylic acids is 1. The van der Waals surface area contributed by atoms with Gasteiger partial charge in [0.15, 0.2) is 0 Å². The van der Waals surface area contributed by atoms with Crippen LogP contribution in [0.1, 0.15) is 30.3 Å². The smallest absolute Gasteiger partial charge is 0.410 e. The lowest BCUT2D eigenvalue weighted by atomic mass is 10.2. The van der Waals surface area contributed by atoms with Crippen LogP contribution < -0.4 is 0 Å². The fraction of sp³-hybridized carbons (Fsp3) is 0.250. The molecular weight excluding hydrogens is 457 g/mol. The summed E-state index contributed by atoms with van der Waals surface area (Å²) in [5.74, 6) is 0.920. The second kappa shape index (κ2) is 8.08. The molecule has 1 aliphatic rings. The van der Waals surface area contributed by atoms with Crippen LogP contribution in [0.15, 0.2) is 59.0 Å². The Hall–Kier alpha value is -2.42. The van der Waals surface area contributed by atoms with Crippen LogP contribution in [0, 0.1) is 3.57 Å². The molecule has 0 bridgehead atoms. The fourth-order valence-electron chi connectivity index (χ4n) is 3.12. The van der Waals surface area contributed by atoms with Gasteiger partial charge in [0.25, 0.3) is 0 Å². The van der Waals surface area contributed by atoms with Crippen LogP contribution in [0.5, 0.6) is 0 Å². The minimum atomic E-state index is -0.352. The van der Waals surface area contributed by atoms with Gasteiger partial charge >= 0.3 is 6.09 Å². The van der Waals surface area contributed by atoms with Crippen molar-refractivity contribution in [3.05, 3.63) is 69.6 Å². The molecule has 4 rings (SSSR count). The van der Waals surface area contributed by atoms with E-state index in [-0.39, 0.29) is 18.7 Å². The van der Waals surface area contributed by atoms with Crippen molar-refractivity contribution in [1.29, 1.82) is 0 Å². The van der Waals surface area contributed by atoms with Crippen LogP contribution in [-0.4, -0.2) is 27.7 Å². The normalized spacial score (nSPS) is 16.5. The Morgan fingerprint density at radius 1 is 1.15 bits per heavy atom. The summed E-state index contributed by atoms with van der Waals surface area (Å²) in [6.07, 6.45) is 1.32. The molecule has 1 aromatic heterocycles. The Morgan fingerprint density at radius 2 is 1.93 bits per heavy atom. The monoisotopic (exact) mass is 475 g/mol. The van der Waals surface area contributed by atoms with E-state index in [0.717, 1.165) is 27.5 Å². The van der Waals surface area contributed by atoms with Gasteiger partial charge in [0.1, 0.15) is 12.6 Å². The average molecular weight is 475 g/mol. The molecule has 6 nitrogen and oxygen atoms in total. The molecule has 1 fully saturated rings. The number of carbonyl (C=O) groups is 1. The first-order valence-corrected chi connectivity index (χ1v) is 9.85. The molecule has 0 spiro atoms. The first-order valence-electron chi connectivity index (χ1n) is 8.77. The van der Waals surface area contributed by atoms with Crippen LogP contribution in [0.4, 0.5) is 4.79 Å². The predicted molar refractivity (Wildman–Crippen MR) is 108 cm³/mol. The van der Waals surface area contributed by atoms with E-state index in [9.17, 15) is 4.79 Å². The maximum absolute atomic E-state index is 12.5. The maximum atomic E-state index is 12.5. The standard InChI is InChI=1S/C20H18IN3O3/c21-16-10-8-15(9-11-16)18-22-23-19(27-18)17-7-4-12-24(17)20(25)26-13-14-5-2-1-3-6-14/h1-3,5-6,8-11,17H,4,7,12-13H2/t17-/m0/s1. The fourth-order valence-corrected chi connectivity index (χ4v) is 3.48. The summed E-state index contributed by atoms with van der Waals surface area (Å²) in [5, 5.41) is 8.33. The lowest BCUT2D eigenvalue weighted by Gasteiger charge is -2.21. The number of aromatic nitrogens is 2. The van der Waals surface area contributed by atoms with Crippen LogP contribution in [0.25, 0.3) is 11.5 Å². The summed E-state index contributed by atoms with van der Waals surface area (Å²) < 4.78 is 12.5. The van der Waals surface area contributed by atoms with Gasteiger partial charge < -0.3 is 9.15 Å². The summed E-state index contributed by atoms with van der Waals surface area (Å²) in [7, 11) is 0. The molecule has 2 heterocycles. The number of hydrogen-bond acceptors (Lipinski definition) is 5. The van der Waals surface area contributed by atoms with E-state index in [0.29, 0.717) is 18.3 Å². The molecule has 1 amide bonds. The topological polar surface area (TPSA) is 68.5 Å². The van der Waals surface area contributed by atoms with Crippen molar-refractivity contribution in [1.82, 2.24) is 15.1 Å². The number of ether oxygens (including phenoxy) is 1. The molecule has 0 N–H and O–H groups in total. The Morgan fingerprint density at radius 3 is 2.70 bits per heavy atom. The number of hydrogen-bond donors (Lipinski definition) is 0. The Balaban J connectivity index is 1.45. The third-order valence-corrected chi connectivity index (χ3v) is 5.23. The summed E-state index contributed by atoms with van der Waals surface area (Å²) in [6, 6.07) is 17.3. The van der Waals surface area contributed by atoms with E-state index in [1.165, 1.54) is 0 Å². The van der Waals surface area contributed by atoms with Gasteiger partial charge in [-0.05, 0) is 65.3 Å². The van der Waals surface area contributed by atoms with E-state index in [2.05, 4.69) is 32.8 Å². The Kier molecular flexibility index (Phi) is 5.38. The summed E-state index contributed by atoms with van der Waals surface area (Å²) in [5.41, 5.74) is 1.82. The van der Waals surface area contributed by atoms with Crippen molar-refractivity contribution in [3.8, 4) is 11.5 Å². The van der Waals surface area contributed by atoms with Crippen molar-refractivity contribution in [2.24, 2.45) is 0 Å². The number of likely N-dealkylation sites (tertiary alicyclic amines) is 1. The molecule has 2 aromatic carbocycles. The third-order valence-electron chi connectivity index (χ3n) is 4.51. The molecule has 0 saturated carbocycles. The van der Waals surface area contributed by atoms with Crippen LogP contribution in [-0.2, 0) is 11.3 Å². The molecule has 0 unspecified atom stereocenters. The molecular formula is C20H18IN3O3. The van der Waals surface area contributed by atoms with Crippen molar-refractivity contribution in [2.75, 3.05) is 6.54 Å². The Labute approximate surface area is 170 Å². The highest BCUT2D eigenvalue weighted by Crippen LogP contribution is 2.33. The Bertz CT molecular complexity index is 912. The highest BCUT2D eigenvalue weighted by molar-refractivity contribution is 14.1. The second-order valence-corrected chi connectivity index (χ2v) is 7.59. The van der Waals surface area contributed by atoms with E-state index >= 15 is 0 Å². The van der Waals surface area contributed by atoms with E-state index in [1.54, 1.807) is 4.90 Å². The second-order valence-electron chi connectivity index (χ2n) is 6.34. The molecule has 1 atom stereocenters. The summed E-state index contributed by atoms with van der Waals surface area (Å²) in [6.45, 7) is 0.875. The molecule has 3 aromatic rings. The van der Waals surface area contributed by atoms with Gasteiger partial charge in [0.2, 0.25) is 11.8 Å². The van der Waals surface area contributed by atoms with E-state index in [4.69, 9.17) is 9.15 Å².